The molecule has 136 valence electrons. The Morgan fingerprint density at radius 3 is 2.63 bits per heavy atom. The molecule has 0 fully saturated rings. The summed E-state index contributed by atoms with van der Waals surface area (Å²) in [6, 6.07) is 18.7. The van der Waals surface area contributed by atoms with E-state index in [1.54, 1.807) is 24.3 Å². The van der Waals surface area contributed by atoms with Crippen molar-refractivity contribution in [2.45, 2.75) is 6.54 Å². The van der Waals surface area contributed by atoms with E-state index in [0.29, 0.717) is 22.9 Å². The van der Waals surface area contributed by atoms with Crippen molar-refractivity contribution >= 4 is 17.5 Å². The van der Waals surface area contributed by atoms with Gasteiger partial charge in [-0.1, -0.05) is 30.3 Å². The highest BCUT2D eigenvalue weighted by molar-refractivity contribution is 6.04. The minimum absolute atomic E-state index is 0.170. The Morgan fingerprint density at radius 2 is 1.85 bits per heavy atom. The first-order valence-corrected chi connectivity index (χ1v) is 8.49. The van der Waals surface area contributed by atoms with E-state index in [0.717, 1.165) is 12.4 Å². The molecule has 0 radical (unpaired) electrons. The zero-order chi connectivity index (χ0) is 18.6. The van der Waals surface area contributed by atoms with Gasteiger partial charge in [0.15, 0.2) is 23.1 Å². The average molecular weight is 362 g/mol. The van der Waals surface area contributed by atoms with Crippen molar-refractivity contribution in [3.8, 4) is 11.5 Å². The fourth-order valence-corrected chi connectivity index (χ4v) is 2.76. The summed E-state index contributed by atoms with van der Waals surface area (Å²) in [6.45, 7) is 0.891. The Labute approximate surface area is 156 Å². The van der Waals surface area contributed by atoms with Gasteiger partial charge < -0.3 is 19.7 Å². The van der Waals surface area contributed by atoms with Crippen LogP contribution in [0, 0.1) is 0 Å². The molecule has 0 unspecified atom stereocenters. The third kappa shape index (κ3) is 3.82. The second-order valence-electron chi connectivity index (χ2n) is 6.14. The highest BCUT2D eigenvalue weighted by Crippen LogP contribution is 2.32. The predicted octanol–water partition coefficient (Wildman–Crippen LogP) is 3.09. The van der Waals surface area contributed by atoms with Gasteiger partial charge in [0.05, 0.1) is 0 Å². The summed E-state index contributed by atoms with van der Waals surface area (Å²) in [5, 5.41) is 11.0. The molecule has 1 N–H and O–H groups in total. The van der Waals surface area contributed by atoms with E-state index < -0.39 is 0 Å². The second-order valence-corrected chi connectivity index (χ2v) is 6.14. The van der Waals surface area contributed by atoms with Gasteiger partial charge in [0.25, 0.3) is 5.91 Å². The van der Waals surface area contributed by atoms with Gasteiger partial charge in [-0.25, -0.2) is 0 Å². The number of rotatable bonds is 5. The number of benzene rings is 2. The Kier molecular flexibility index (Phi) is 4.57. The SMILES string of the molecule is CN(Cc1ccccc1)c1ccc(NC(=O)c2ccc3c(c2)OCO3)nn1. The number of ether oxygens (including phenoxy) is 2. The smallest absolute Gasteiger partial charge is 0.257 e. The third-order valence-corrected chi connectivity index (χ3v) is 4.18. The van der Waals surface area contributed by atoms with Crippen LogP contribution < -0.4 is 19.7 Å². The fourth-order valence-electron chi connectivity index (χ4n) is 2.76. The highest BCUT2D eigenvalue weighted by Gasteiger charge is 2.16. The summed E-state index contributed by atoms with van der Waals surface area (Å²) in [6.07, 6.45) is 0. The molecule has 0 aliphatic carbocycles. The van der Waals surface area contributed by atoms with Crippen LogP contribution in [0.2, 0.25) is 0 Å². The molecule has 2 aromatic carbocycles. The van der Waals surface area contributed by atoms with E-state index in [9.17, 15) is 4.79 Å². The molecule has 1 aliphatic rings. The number of hydrogen-bond donors (Lipinski definition) is 1. The van der Waals surface area contributed by atoms with Crippen LogP contribution in [0.5, 0.6) is 11.5 Å². The lowest BCUT2D eigenvalue weighted by atomic mass is 10.2. The van der Waals surface area contributed by atoms with Crippen LogP contribution >= 0.6 is 0 Å². The van der Waals surface area contributed by atoms with Crippen molar-refractivity contribution in [2.75, 3.05) is 24.1 Å². The maximum absolute atomic E-state index is 12.4. The monoisotopic (exact) mass is 362 g/mol. The molecule has 0 atom stereocenters. The summed E-state index contributed by atoms with van der Waals surface area (Å²) in [5.74, 6) is 2.02. The molecule has 3 aromatic rings. The first-order valence-electron chi connectivity index (χ1n) is 8.49. The molecule has 0 saturated carbocycles. The van der Waals surface area contributed by atoms with Gasteiger partial charge in [0.1, 0.15) is 0 Å². The molecule has 1 aromatic heterocycles. The highest BCUT2D eigenvalue weighted by atomic mass is 16.7. The molecule has 1 amide bonds. The van der Waals surface area contributed by atoms with Crippen LogP contribution in [-0.4, -0.2) is 29.9 Å². The van der Waals surface area contributed by atoms with E-state index in [4.69, 9.17) is 9.47 Å². The normalized spacial score (nSPS) is 11.9. The Balaban J connectivity index is 1.41. The molecule has 1 aliphatic heterocycles. The van der Waals surface area contributed by atoms with Gasteiger partial charge in [0.2, 0.25) is 6.79 Å². The average Bonchev–Trinajstić information content (AvgIpc) is 3.17. The van der Waals surface area contributed by atoms with Crippen molar-refractivity contribution in [2.24, 2.45) is 0 Å². The van der Waals surface area contributed by atoms with Gasteiger partial charge >= 0.3 is 0 Å². The zero-order valence-corrected chi connectivity index (χ0v) is 14.8. The Bertz CT molecular complexity index is 945. The predicted molar refractivity (Wildman–Crippen MR) is 101 cm³/mol. The molecule has 0 spiro atoms. The molecule has 27 heavy (non-hydrogen) atoms. The van der Waals surface area contributed by atoms with Crippen LogP contribution in [-0.2, 0) is 6.54 Å². The molecular weight excluding hydrogens is 344 g/mol. The molecule has 7 nitrogen and oxygen atoms in total. The number of hydrogen-bond acceptors (Lipinski definition) is 6. The number of fused-ring (bicyclic) bond motifs is 1. The maximum atomic E-state index is 12.4. The lowest BCUT2D eigenvalue weighted by Gasteiger charge is -2.17. The second kappa shape index (κ2) is 7.33. The maximum Gasteiger partial charge on any atom is 0.257 e. The Morgan fingerprint density at radius 1 is 1.04 bits per heavy atom. The van der Waals surface area contributed by atoms with Crippen LogP contribution in [0.1, 0.15) is 15.9 Å². The van der Waals surface area contributed by atoms with Gasteiger partial charge in [-0.2, -0.15) is 0 Å². The zero-order valence-electron chi connectivity index (χ0n) is 14.8. The standard InChI is InChI=1S/C20H18N4O3/c1-24(12-14-5-3-2-4-6-14)19-10-9-18(22-23-19)21-20(25)15-7-8-16-17(11-15)27-13-26-16/h2-11H,12-13H2,1H3,(H,21,22,25). The Hall–Kier alpha value is -3.61. The van der Waals surface area contributed by atoms with Crippen LogP contribution in [0.4, 0.5) is 11.6 Å². The number of amides is 1. The quantitative estimate of drug-likeness (QED) is 0.752. The van der Waals surface area contributed by atoms with Crippen molar-refractivity contribution in [1.82, 2.24) is 10.2 Å². The van der Waals surface area contributed by atoms with Gasteiger partial charge in [0, 0.05) is 19.2 Å². The largest absolute Gasteiger partial charge is 0.454 e. The molecule has 7 heteroatoms. The van der Waals surface area contributed by atoms with Crippen molar-refractivity contribution in [3.05, 3.63) is 71.8 Å². The van der Waals surface area contributed by atoms with Crippen molar-refractivity contribution in [3.63, 3.8) is 0 Å². The molecule has 0 saturated heterocycles. The summed E-state index contributed by atoms with van der Waals surface area (Å²) in [7, 11) is 1.95. The van der Waals surface area contributed by atoms with E-state index in [-0.39, 0.29) is 12.7 Å². The van der Waals surface area contributed by atoms with Crippen molar-refractivity contribution in [1.29, 1.82) is 0 Å². The number of carbonyl (C=O) groups is 1. The van der Waals surface area contributed by atoms with Gasteiger partial charge in [-0.3, -0.25) is 4.79 Å². The summed E-state index contributed by atoms with van der Waals surface area (Å²) >= 11 is 0. The number of aromatic nitrogens is 2. The number of anilines is 2. The lowest BCUT2D eigenvalue weighted by Crippen LogP contribution is -2.19. The third-order valence-electron chi connectivity index (χ3n) is 4.18. The summed E-state index contributed by atoms with van der Waals surface area (Å²) < 4.78 is 10.5. The van der Waals surface area contributed by atoms with Crippen LogP contribution in [0.3, 0.4) is 0 Å². The molecule has 0 bridgehead atoms. The summed E-state index contributed by atoms with van der Waals surface area (Å²) in [4.78, 5) is 14.4. The van der Waals surface area contributed by atoms with E-state index >= 15 is 0 Å². The fraction of sp³-hybridized carbons (Fsp3) is 0.150. The van der Waals surface area contributed by atoms with Crippen LogP contribution in [0.25, 0.3) is 0 Å². The topological polar surface area (TPSA) is 76.6 Å². The minimum atomic E-state index is -0.284. The first-order chi connectivity index (χ1) is 13.2. The van der Waals surface area contributed by atoms with Crippen molar-refractivity contribution < 1.29 is 14.3 Å². The van der Waals surface area contributed by atoms with Gasteiger partial charge in [-0.15, -0.1) is 10.2 Å². The van der Waals surface area contributed by atoms with E-state index in [1.165, 1.54) is 5.56 Å². The van der Waals surface area contributed by atoms with E-state index in [1.807, 2.05) is 36.2 Å². The molecular formula is C20H18N4O3. The molecule has 2 heterocycles. The first kappa shape index (κ1) is 16.8. The number of carbonyl (C=O) groups excluding carboxylic acids is 1. The lowest BCUT2D eigenvalue weighted by molar-refractivity contribution is 0.102. The van der Waals surface area contributed by atoms with E-state index in [2.05, 4.69) is 27.6 Å². The number of nitrogens with one attached hydrogen (secondary N) is 1. The van der Waals surface area contributed by atoms with Gasteiger partial charge in [-0.05, 0) is 35.9 Å². The van der Waals surface area contributed by atoms with Crippen LogP contribution in [0.15, 0.2) is 60.7 Å². The summed E-state index contributed by atoms with van der Waals surface area (Å²) in [5.41, 5.74) is 1.65. The molecule has 4 rings (SSSR count). The number of nitrogens with zero attached hydrogens (tertiary/aromatic N) is 3. The minimum Gasteiger partial charge on any atom is -0.454 e.